The van der Waals surface area contributed by atoms with E-state index >= 15 is 0 Å². The third kappa shape index (κ3) is 7.47. The van der Waals surface area contributed by atoms with Crippen LogP contribution in [0.25, 0.3) is 22.2 Å². The molecule has 0 aliphatic carbocycles. The van der Waals surface area contributed by atoms with E-state index in [2.05, 4.69) is 70.1 Å². The average Bonchev–Trinajstić information content (AvgIpc) is 3.69. The third-order valence-corrected chi connectivity index (χ3v) is 9.37. The lowest BCUT2D eigenvalue weighted by Crippen LogP contribution is -2.35. The van der Waals surface area contributed by atoms with Crippen LogP contribution in [0.2, 0.25) is 5.02 Å². The normalized spacial score (nSPS) is 17.4. The van der Waals surface area contributed by atoms with Crippen molar-refractivity contribution in [2.45, 2.75) is 77.8 Å². The summed E-state index contributed by atoms with van der Waals surface area (Å²) in [6, 6.07) is 14.7. The Morgan fingerprint density at radius 3 is 2.65 bits per heavy atom. The molecule has 0 unspecified atom stereocenters. The van der Waals surface area contributed by atoms with Gasteiger partial charge in [-0.25, -0.2) is 14.5 Å². The molecule has 4 heterocycles. The Balaban J connectivity index is 1.14. The molecule has 2 aliphatic rings. The topological polar surface area (TPSA) is 122 Å². The molecule has 5 N–H and O–H groups in total. The minimum Gasteiger partial charge on any atom is -0.381 e. The molecule has 2 aliphatic heterocycles. The first kappa shape index (κ1) is 32.2. The van der Waals surface area contributed by atoms with E-state index in [0.717, 1.165) is 110 Å². The maximum absolute atomic E-state index is 13.1. The summed E-state index contributed by atoms with van der Waals surface area (Å²) in [5.41, 5.74) is 14.1. The van der Waals surface area contributed by atoms with Crippen molar-refractivity contribution in [3.05, 3.63) is 76.1 Å². The number of nitrogens with one attached hydrogen (secondary N) is 3. The van der Waals surface area contributed by atoms with E-state index in [1.807, 2.05) is 23.0 Å². The standard InChI is InChI=1S/C35H45ClN8O2/c1-3-32-29(33(41-27-11-14-46-15-12-27)30-20-40-44(4-2)34(30)42-32)19-39-35(45)38-18-23-8-9-31(36)28(17-23)25-7-5-6-24(16-25)21-43-13-10-26(37)22-43/h5-9,16-17,20,26-27H,3-4,10-15,18-19,21-22,37H2,1-2H3,(H,41,42)(H2,38,39,45)/t26-/m1/s1. The van der Waals surface area contributed by atoms with E-state index in [4.69, 9.17) is 27.1 Å². The number of hydrogen-bond acceptors (Lipinski definition) is 7. The highest BCUT2D eigenvalue weighted by Gasteiger charge is 2.22. The Morgan fingerprint density at radius 2 is 1.89 bits per heavy atom. The van der Waals surface area contributed by atoms with E-state index in [1.165, 1.54) is 5.56 Å². The molecule has 2 saturated heterocycles. The Kier molecular flexibility index (Phi) is 10.4. The number of pyridine rings is 1. The first-order valence-electron chi connectivity index (χ1n) is 16.5. The summed E-state index contributed by atoms with van der Waals surface area (Å²) >= 11 is 6.67. The van der Waals surface area contributed by atoms with E-state index < -0.39 is 0 Å². The lowest BCUT2D eigenvalue weighted by Gasteiger charge is -2.26. The van der Waals surface area contributed by atoms with Gasteiger partial charge in [-0.2, -0.15) is 5.10 Å². The van der Waals surface area contributed by atoms with Gasteiger partial charge in [0.25, 0.3) is 0 Å². The molecule has 2 amide bonds. The Bertz CT molecular complexity index is 1670. The van der Waals surface area contributed by atoms with Crippen LogP contribution in [0.15, 0.2) is 48.7 Å². The zero-order valence-electron chi connectivity index (χ0n) is 26.8. The number of anilines is 1. The molecule has 0 bridgehead atoms. The van der Waals surface area contributed by atoms with Crippen molar-refractivity contribution in [2.75, 3.05) is 31.6 Å². The maximum atomic E-state index is 13.1. The first-order chi connectivity index (χ1) is 22.4. The number of urea groups is 1. The molecule has 0 saturated carbocycles. The van der Waals surface area contributed by atoms with Crippen LogP contribution in [-0.2, 0) is 37.3 Å². The van der Waals surface area contributed by atoms with Crippen molar-refractivity contribution in [1.82, 2.24) is 30.3 Å². The zero-order valence-corrected chi connectivity index (χ0v) is 27.6. The number of nitrogens with two attached hydrogens (primary N) is 1. The van der Waals surface area contributed by atoms with Crippen molar-refractivity contribution in [3.63, 3.8) is 0 Å². The van der Waals surface area contributed by atoms with Gasteiger partial charge >= 0.3 is 6.03 Å². The number of benzene rings is 2. The lowest BCUT2D eigenvalue weighted by atomic mass is 10.0. The summed E-state index contributed by atoms with van der Waals surface area (Å²) in [6.07, 6.45) is 5.53. The smallest absolute Gasteiger partial charge is 0.315 e. The van der Waals surface area contributed by atoms with Gasteiger partial charge in [0.05, 0.1) is 17.3 Å². The minimum absolute atomic E-state index is 0.245. The summed E-state index contributed by atoms with van der Waals surface area (Å²) < 4.78 is 7.51. The molecule has 0 spiro atoms. The predicted molar refractivity (Wildman–Crippen MR) is 184 cm³/mol. The van der Waals surface area contributed by atoms with Crippen LogP contribution in [0.5, 0.6) is 0 Å². The van der Waals surface area contributed by atoms with E-state index in [1.54, 1.807) is 0 Å². The first-order valence-corrected chi connectivity index (χ1v) is 16.9. The van der Waals surface area contributed by atoms with Crippen LogP contribution >= 0.6 is 11.6 Å². The van der Waals surface area contributed by atoms with Gasteiger partial charge in [-0.1, -0.05) is 42.8 Å². The molecule has 1 atom stereocenters. The molecular weight excluding hydrogens is 600 g/mol. The molecule has 4 aromatic rings. The maximum Gasteiger partial charge on any atom is 0.315 e. The van der Waals surface area contributed by atoms with Crippen molar-refractivity contribution < 1.29 is 9.53 Å². The number of ether oxygens (including phenoxy) is 1. The number of hydrogen-bond donors (Lipinski definition) is 4. The van der Waals surface area contributed by atoms with Crippen molar-refractivity contribution in [3.8, 4) is 11.1 Å². The van der Waals surface area contributed by atoms with Gasteiger partial charge in [-0.3, -0.25) is 4.90 Å². The summed E-state index contributed by atoms with van der Waals surface area (Å²) in [4.78, 5) is 20.5. The molecule has 2 fully saturated rings. The largest absolute Gasteiger partial charge is 0.381 e. The second-order valence-electron chi connectivity index (χ2n) is 12.3. The summed E-state index contributed by atoms with van der Waals surface area (Å²) in [5, 5.41) is 16.1. The lowest BCUT2D eigenvalue weighted by molar-refractivity contribution is 0.0904. The van der Waals surface area contributed by atoms with Gasteiger partial charge < -0.3 is 26.4 Å². The molecular formula is C35H45ClN8O2. The SMILES string of the molecule is CCc1nc2c(cnn2CC)c(NC2CCOCC2)c1CNC(=O)NCc1ccc(Cl)c(-c2cccc(CN3CC[C@@H](N)C3)c2)c1. The van der Waals surface area contributed by atoms with E-state index in [0.29, 0.717) is 24.2 Å². The van der Waals surface area contributed by atoms with Gasteiger partial charge in [0.1, 0.15) is 0 Å². The molecule has 2 aromatic carbocycles. The Labute approximate surface area is 276 Å². The van der Waals surface area contributed by atoms with Gasteiger partial charge in [0.2, 0.25) is 0 Å². The number of halogens is 1. The number of aromatic nitrogens is 3. The van der Waals surface area contributed by atoms with Gasteiger partial charge in [0.15, 0.2) is 5.65 Å². The van der Waals surface area contributed by atoms with Crippen molar-refractivity contribution in [1.29, 1.82) is 0 Å². The van der Waals surface area contributed by atoms with Crippen molar-refractivity contribution >= 4 is 34.4 Å². The number of fused-ring (bicyclic) bond motifs is 1. The number of carbonyl (C=O) groups excluding carboxylic acids is 1. The second-order valence-corrected chi connectivity index (χ2v) is 12.7. The number of aryl methyl sites for hydroxylation is 2. The molecule has 46 heavy (non-hydrogen) atoms. The highest BCUT2D eigenvalue weighted by molar-refractivity contribution is 6.33. The summed E-state index contributed by atoms with van der Waals surface area (Å²) in [5.74, 6) is 0. The fourth-order valence-electron chi connectivity index (χ4n) is 6.52. The molecule has 6 rings (SSSR count). The van der Waals surface area contributed by atoms with Gasteiger partial charge in [0, 0.05) is 86.4 Å². The third-order valence-electron chi connectivity index (χ3n) is 9.04. The Hall–Kier alpha value is -3.70. The van der Waals surface area contributed by atoms with E-state index in [-0.39, 0.29) is 12.1 Å². The highest BCUT2D eigenvalue weighted by Crippen LogP contribution is 2.32. The van der Waals surface area contributed by atoms with Crippen LogP contribution in [0.4, 0.5) is 10.5 Å². The minimum atomic E-state index is -0.245. The number of rotatable bonds is 11. The molecule has 11 heteroatoms. The number of carbonyl (C=O) groups is 1. The van der Waals surface area contributed by atoms with Crippen LogP contribution in [0.1, 0.15) is 55.5 Å². The molecule has 10 nitrogen and oxygen atoms in total. The predicted octanol–water partition coefficient (Wildman–Crippen LogP) is 5.46. The van der Waals surface area contributed by atoms with Crippen LogP contribution < -0.4 is 21.7 Å². The van der Waals surface area contributed by atoms with E-state index in [9.17, 15) is 4.79 Å². The monoisotopic (exact) mass is 644 g/mol. The van der Waals surface area contributed by atoms with Crippen molar-refractivity contribution in [2.24, 2.45) is 5.73 Å². The summed E-state index contributed by atoms with van der Waals surface area (Å²) in [7, 11) is 0. The fourth-order valence-corrected chi connectivity index (χ4v) is 6.75. The molecule has 0 radical (unpaired) electrons. The number of likely N-dealkylation sites (tertiary alicyclic amines) is 1. The Morgan fingerprint density at radius 1 is 1.07 bits per heavy atom. The van der Waals surface area contributed by atoms with Gasteiger partial charge in [-0.15, -0.1) is 0 Å². The average molecular weight is 645 g/mol. The number of nitrogens with zero attached hydrogens (tertiary/aromatic N) is 4. The zero-order chi connectivity index (χ0) is 32.0. The van der Waals surface area contributed by atoms with Crippen LogP contribution in [0, 0.1) is 0 Å². The quantitative estimate of drug-likeness (QED) is 0.171. The van der Waals surface area contributed by atoms with Gasteiger partial charge in [-0.05, 0) is 67.5 Å². The molecule has 244 valence electrons. The molecule has 2 aromatic heterocycles. The van der Waals surface area contributed by atoms with Crippen LogP contribution in [0.3, 0.4) is 0 Å². The highest BCUT2D eigenvalue weighted by atomic mass is 35.5. The second kappa shape index (κ2) is 14.8. The van der Waals surface area contributed by atoms with Crippen LogP contribution in [-0.4, -0.2) is 64.1 Å². The fraction of sp³-hybridized carbons (Fsp3) is 0.457. The summed E-state index contributed by atoms with van der Waals surface area (Å²) in [6.45, 7) is 9.92. The number of amides is 2.